The fraction of sp³-hybridized carbons (Fsp3) is 0.526. The summed E-state index contributed by atoms with van der Waals surface area (Å²) in [4.78, 5) is 26.2. The number of nitrogens with zero attached hydrogens (tertiary/aromatic N) is 2. The molecule has 0 spiro atoms. The average molecular weight is 375 g/mol. The van der Waals surface area contributed by atoms with Crippen LogP contribution in [0.3, 0.4) is 0 Å². The normalized spacial score (nSPS) is 13.5. The van der Waals surface area contributed by atoms with E-state index in [1.807, 2.05) is 26.8 Å². The first kappa shape index (κ1) is 18.6. The molecule has 0 saturated heterocycles. The molecule has 0 aromatic carbocycles. The molecule has 1 aliphatic carbocycles. The molecule has 2 aromatic rings. The maximum atomic E-state index is 12.6. The van der Waals surface area contributed by atoms with Crippen LogP contribution >= 0.6 is 11.3 Å². The molecule has 1 amide bonds. The van der Waals surface area contributed by atoms with Crippen LogP contribution in [0, 0.1) is 6.92 Å². The van der Waals surface area contributed by atoms with Gasteiger partial charge in [-0.3, -0.25) is 9.48 Å². The van der Waals surface area contributed by atoms with Crippen LogP contribution in [-0.2, 0) is 28.9 Å². The molecule has 1 aliphatic rings. The van der Waals surface area contributed by atoms with Crippen molar-refractivity contribution in [1.29, 1.82) is 0 Å². The van der Waals surface area contributed by atoms with Gasteiger partial charge < -0.3 is 10.1 Å². The summed E-state index contributed by atoms with van der Waals surface area (Å²) in [5.41, 5.74) is 2.64. The quantitative estimate of drug-likeness (QED) is 0.781. The molecule has 140 valence electrons. The van der Waals surface area contributed by atoms with Crippen molar-refractivity contribution in [1.82, 2.24) is 9.78 Å². The predicted molar refractivity (Wildman–Crippen MR) is 102 cm³/mol. The van der Waals surface area contributed by atoms with E-state index in [1.165, 1.54) is 16.2 Å². The molecule has 2 aromatic heterocycles. The van der Waals surface area contributed by atoms with Gasteiger partial charge in [-0.2, -0.15) is 5.10 Å². The minimum absolute atomic E-state index is 0.114. The van der Waals surface area contributed by atoms with E-state index in [2.05, 4.69) is 10.4 Å². The SMILES string of the molecule is Cc1ccnn1CCC(=O)Nc1sc2c(c1C(=O)OC(C)C)CCCC2. The monoisotopic (exact) mass is 375 g/mol. The van der Waals surface area contributed by atoms with Crippen molar-refractivity contribution < 1.29 is 14.3 Å². The first-order chi connectivity index (χ1) is 12.5. The second kappa shape index (κ2) is 8.03. The fourth-order valence-electron chi connectivity index (χ4n) is 3.17. The van der Waals surface area contributed by atoms with Crippen LogP contribution in [0.15, 0.2) is 12.3 Å². The number of hydrogen-bond acceptors (Lipinski definition) is 5. The molecule has 0 fully saturated rings. The molecular formula is C19H25N3O3S. The standard InChI is InChI=1S/C19H25N3O3S/c1-12(2)25-19(24)17-14-6-4-5-7-15(14)26-18(17)21-16(23)9-11-22-13(3)8-10-20-22/h8,10,12H,4-7,9,11H2,1-3H3,(H,21,23). The van der Waals surface area contributed by atoms with Crippen molar-refractivity contribution in [3.05, 3.63) is 34.0 Å². The van der Waals surface area contributed by atoms with Gasteiger partial charge in [-0.25, -0.2) is 4.79 Å². The van der Waals surface area contributed by atoms with Gasteiger partial charge in [0.25, 0.3) is 0 Å². The lowest BCUT2D eigenvalue weighted by Crippen LogP contribution is -2.19. The summed E-state index contributed by atoms with van der Waals surface area (Å²) in [7, 11) is 0. The Morgan fingerprint density at radius 2 is 2.12 bits per heavy atom. The zero-order valence-electron chi connectivity index (χ0n) is 15.5. The van der Waals surface area contributed by atoms with Gasteiger partial charge in [0.15, 0.2) is 0 Å². The molecule has 6 nitrogen and oxygen atoms in total. The van der Waals surface area contributed by atoms with Crippen LogP contribution in [0.5, 0.6) is 0 Å². The molecule has 0 saturated carbocycles. The molecule has 0 atom stereocenters. The van der Waals surface area contributed by atoms with E-state index >= 15 is 0 Å². The maximum absolute atomic E-state index is 12.6. The van der Waals surface area contributed by atoms with E-state index < -0.39 is 0 Å². The number of fused-ring (bicyclic) bond motifs is 1. The lowest BCUT2D eigenvalue weighted by molar-refractivity contribution is -0.116. The summed E-state index contributed by atoms with van der Waals surface area (Å²) < 4.78 is 7.22. The molecule has 26 heavy (non-hydrogen) atoms. The largest absolute Gasteiger partial charge is 0.459 e. The van der Waals surface area contributed by atoms with Gasteiger partial charge in [-0.15, -0.1) is 11.3 Å². The van der Waals surface area contributed by atoms with Crippen LogP contribution in [0.25, 0.3) is 0 Å². The molecule has 7 heteroatoms. The number of esters is 1. The van der Waals surface area contributed by atoms with Crippen LogP contribution in [-0.4, -0.2) is 27.8 Å². The molecule has 0 aliphatic heterocycles. The van der Waals surface area contributed by atoms with Gasteiger partial charge in [-0.05, 0) is 58.1 Å². The Balaban J connectivity index is 1.75. The number of thiophene rings is 1. The zero-order valence-corrected chi connectivity index (χ0v) is 16.3. The Morgan fingerprint density at radius 3 is 2.81 bits per heavy atom. The fourth-order valence-corrected chi connectivity index (χ4v) is 4.47. The minimum atomic E-state index is -0.336. The second-order valence-electron chi connectivity index (χ2n) is 6.86. The number of rotatable bonds is 6. The smallest absolute Gasteiger partial charge is 0.341 e. The van der Waals surface area contributed by atoms with Crippen molar-refractivity contribution in [2.45, 2.75) is 65.5 Å². The van der Waals surface area contributed by atoms with Crippen molar-refractivity contribution in [3.8, 4) is 0 Å². The Morgan fingerprint density at radius 1 is 1.35 bits per heavy atom. The predicted octanol–water partition coefficient (Wildman–Crippen LogP) is 3.73. The summed E-state index contributed by atoms with van der Waals surface area (Å²) in [6.45, 7) is 6.14. The van der Waals surface area contributed by atoms with E-state index in [0.29, 0.717) is 23.5 Å². The zero-order chi connectivity index (χ0) is 18.7. The number of aromatic nitrogens is 2. The van der Waals surface area contributed by atoms with Crippen molar-refractivity contribution >= 4 is 28.2 Å². The lowest BCUT2D eigenvalue weighted by Gasteiger charge is -2.14. The van der Waals surface area contributed by atoms with E-state index in [1.54, 1.807) is 10.9 Å². The van der Waals surface area contributed by atoms with Gasteiger partial charge in [0, 0.05) is 29.7 Å². The number of carbonyl (C=O) groups excluding carboxylic acids is 2. The highest BCUT2D eigenvalue weighted by Crippen LogP contribution is 2.38. The maximum Gasteiger partial charge on any atom is 0.341 e. The van der Waals surface area contributed by atoms with E-state index in [-0.39, 0.29) is 18.0 Å². The molecule has 1 N–H and O–H groups in total. The Hall–Kier alpha value is -2.15. The van der Waals surface area contributed by atoms with Crippen molar-refractivity contribution in [2.24, 2.45) is 0 Å². The number of amides is 1. The second-order valence-corrected chi connectivity index (χ2v) is 7.97. The molecule has 3 rings (SSSR count). The van der Waals surface area contributed by atoms with Gasteiger partial charge in [0.05, 0.1) is 11.7 Å². The third kappa shape index (κ3) is 4.15. The first-order valence-corrected chi connectivity index (χ1v) is 9.91. The Labute approximate surface area is 157 Å². The third-order valence-electron chi connectivity index (χ3n) is 4.45. The number of aryl methyl sites for hydroxylation is 3. The summed E-state index contributed by atoms with van der Waals surface area (Å²) in [5.74, 6) is -0.449. The molecule has 0 unspecified atom stereocenters. The number of nitrogens with one attached hydrogen (secondary N) is 1. The summed E-state index contributed by atoms with van der Waals surface area (Å²) in [6.07, 6.45) is 5.87. The van der Waals surface area contributed by atoms with Crippen LogP contribution < -0.4 is 5.32 Å². The van der Waals surface area contributed by atoms with Crippen molar-refractivity contribution in [3.63, 3.8) is 0 Å². The molecule has 2 heterocycles. The third-order valence-corrected chi connectivity index (χ3v) is 5.66. The first-order valence-electron chi connectivity index (χ1n) is 9.09. The van der Waals surface area contributed by atoms with E-state index in [0.717, 1.165) is 36.9 Å². The van der Waals surface area contributed by atoms with E-state index in [9.17, 15) is 9.59 Å². The average Bonchev–Trinajstić information content (AvgIpc) is 3.15. The van der Waals surface area contributed by atoms with Crippen molar-refractivity contribution in [2.75, 3.05) is 5.32 Å². The van der Waals surface area contributed by atoms with Gasteiger partial charge >= 0.3 is 5.97 Å². The highest BCUT2D eigenvalue weighted by Gasteiger charge is 2.27. The highest BCUT2D eigenvalue weighted by molar-refractivity contribution is 7.17. The number of ether oxygens (including phenoxy) is 1. The Bertz CT molecular complexity index is 807. The topological polar surface area (TPSA) is 73.2 Å². The van der Waals surface area contributed by atoms with Gasteiger partial charge in [-0.1, -0.05) is 0 Å². The molecule has 0 radical (unpaired) electrons. The van der Waals surface area contributed by atoms with Gasteiger partial charge in [0.1, 0.15) is 5.00 Å². The highest BCUT2D eigenvalue weighted by atomic mass is 32.1. The molecular weight excluding hydrogens is 350 g/mol. The number of anilines is 1. The molecule has 0 bridgehead atoms. The summed E-state index contributed by atoms with van der Waals surface area (Å²) in [5, 5.41) is 7.76. The van der Waals surface area contributed by atoms with Gasteiger partial charge in [0.2, 0.25) is 5.91 Å². The Kier molecular flexibility index (Phi) is 5.76. The lowest BCUT2D eigenvalue weighted by atomic mass is 9.95. The number of carbonyl (C=O) groups is 2. The number of hydrogen-bond donors (Lipinski definition) is 1. The van der Waals surface area contributed by atoms with Crippen LogP contribution in [0.4, 0.5) is 5.00 Å². The summed E-state index contributed by atoms with van der Waals surface area (Å²) in [6, 6.07) is 1.91. The minimum Gasteiger partial charge on any atom is -0.459 e. The van der Waals surface area contributed by atoms with E-state index in [4.69, 9.17) is 4.74 Å². The summed E-state index contributed by atoms with van der Waals surface area (Å²) >= 11 is 1.52. The van der Waals surface area contributed by atoms with Crippen LogP contribution in [0.2, 0.25) is 0 Å². The van der Waals surface area contributed by atoms with Crippen LogP contribution in [0.1, 0.15) is 59.6 Å².